The van der Waals surface area contributed by atoms with Gasteiger partial charge in [-0.3, -0.25) is 10.1 Å². The summed E-state index contributed by atoms with van der Waals surface area (Å²) in [5.41, 5.74) is 0.692. The Balaban J connectivity index is 2.36. The molecule has 0 radical (unpaired) electrons. The number of hydrogen-bond donors (Lipinski definition) is 1. The summed E-state index contributed by atoms with van der Waals surface area (Å²) in [6.07, 6.45) is 3.99. The highest BCUT2D eigenvalue weighted by atomic mass is 32.2. The van der Waals surface area contributed by atoms with Gasteiger partial charge in [0.05, 0.1) is 17.7 Å². The topological polar surface area (TPSA) is 74.5 Å². The predicted molar refractivity (Wildman–Crippen MR) is 79.5 cm³/mol. The van der Waals surface area contributed by atoms with Crippen molar-refractivity contribution >= 4 is 28.4 Å². The standard InChI is InChI=1S/C14H15N3O2S/c1-14(2)7-11(18)10-6-9(4-5-12(10)19-14)17-13(20-3)16-8-15/h4-6H,7H2,1-3H3,(H,16,17). The van der Waals surface area contributed by atoms with Gasteiger partial charge in [0, 0.05) is 0 Å². The normalized spacial score (nSPS) is 16.9. The minimum absolute atomic E-state index is 0.0484. The van der Waals surface area contributed by atoms with Gasteiger partial charge >= 0.3 is 0 Å². The first-order valence-corrected chi connectivity index (χ1v) is 7.32. The molecule has 0 atom stereocenters. The van der Waals surface area contributed by atoms with Crippen LogP contribution >= 0.6 is 11.8 Å². The number of aliphatic imine (C=N–C) groups is 1. The van der Waals surface area contributed by atoms with Crippen LogP contribution in [0.15, 0.2) is 23.2 Å². The number of amidine groups is 1. The number of benzene rings is 1. The molecule has 1 aliphatic heterocycles. The highest BCUT2D eigenvalue weighted by molar-refractivity contribution is 8.13. The summed E-state index contributed by atoms with van der Waals surface area (Å²) in [7, 11) is 0. The number of carbonyl (C=O) groups excluding carboxylic acids is 1. The Bertz CT molecular complexity index is 617. The lowest BCUT2D eigenvalue weighted by molar-refractivity contribution is 0.0620. The average molecular weight is 289 g/mol. The lowest BCUT2D eigenvalue weighted by atomic mass is 9.93. The summed E-state index contributed by atoms with van der Waals surface area (Å²) < 4.78 is 5.78. The highest BCUT2D eigenvalue weighted by Crippen LogP contribution is 2.35. The second-order valence-corrected chi connectivity index (χ2v) is 5.80. The lowest BCUT2D eigenvalue weighted by Gasteiger charge is -2.31. The average Bonchev–Trinajstić information content (AvgIpc) is 2.38. The van der Waals surface area contributed by atoms with E-state index in [0.29, 0.717) is 28.6 Å². The van der Waals surface area contributed by atoms with Crippen LogP contribution in [0.2, 0.25) is 0 Å². The van der Waals surface area contributed by atoms with Gasteiger partial charge in [0.2, 0.25) is 0 Å². The number of ketones is 1. The van der Waals surface area contributed by atoms with Crippen LogP contribution in [0.5, 0.6) is 5.75 Å². The van der Waals surface area contributed by atoms with Crippen molar-refractivity contribution in [3.63, 3.8) is 0 Å². The Morgan fingerprint density at radius 2 is 2.30 bits per heavy atom. The van der Waals surface area contributed by atoms with Crippen molar-refractivity contribution < 1.29 is 9.53 Å². The summed E-state index contributed by atoms with van der Waals surface area (Å²) in [4.78, 5) is 16.4. The molecule has 0 bridgehead atoms. The number of ether oxygens (including phenoxy) is 1. The van der Waals surface area contributed by atoms with Crippen molar-refractivity contribution in [3.05, 3.63) is 23.8 Å². The summed E-state index contributed by atoms with van der Waals surface area (Å²) in [6, 6.07) is 5.21. The Morgan fingerprint density at radius 3 is 2.95 bits per heavy atom. The zero-order chi connectivity index (χ0) is 14.8. The number of rotatable bonds is 1. The van der Waals surface area contributed by atoms with Crippen LogP contribution < -0.4 is 10.1 Å². The fraction of sp³-hybridized carbons (Fsp3) is 0.357. The molecule has 0 aliphatic carbocycles. The molecule has 1 aliphatic rings. The number of carbonyl (C=O) groups is 1. The number of hydrogen-bond acceptors (Lipinski definition) is 5. The van der Waals surface area contributed by atoms with Gasteiger partial charge in [0.1, 0.15) is 11.4 Å². The van der Waals surface area contributed by atoms with Crippen molar-refractivity contribution in [1.82, 2.24) is 5.32 Å². The molecular formula is C14H15N3O2S. The third kappa shape index (κ3) is 3.11. The second kappa shape index (κ2) is 5.55. The summed E-state index contributed by atoms with van der Waals surface area (Å²) in [5.74, 6) is 0.636. The molecule has 20 heavy (non-hydrogen) atoms. The fourth-order valence-corrected chi connectivity index (χ4v) is 2.34. The first kappa shape index (κ1) is 14.4. The molecule has 2 rings (SSSR count). The van der Waals surface area contributed by atoms with Crippen molar-refractivity contribution in [2.75, 3.05) is 6.26 Å². The molecule has 0 unspecified atom stereocenters. The second-order valence-electron chi connectivity index (χ2n) is 5.00. The third-order valence-corrected chi connectivity index (χ3v) is 3.40. The van der Waals surface area contributed by atoms with E-state index in [1.54, 1.807) is 18.2 Å². The van der Waals surface area contributed by atoms with Crippen LogP contribution in [0, 0.1) is 11.5 Å². The molecule has 0 saturated heterocycles. The Labute approximate surface area is 122 Å². The SMILES string of the molecule is CSC(=Nc1ccc2c(c1)C(=O)CC(C)(C)O2)NC#N. The smallest absolute Gasteiger partial charge is 0.183 e. The maximum Gasteiger partial charge on any atom is 0.183 e. The molecule has 0 aromatic heterocycles. The first-order chi connectivity index (χ1) is 9.45. The van der Waals surface area contributed by atoms with Gasteiger partial charge in [-0.1, -0.05) is 11.8 Å². The molecule has 1 aromatic carbocycles. The summed E-state index contributed by atoms with van der Waals surface area (Å²) >= 11 is 1.33. The van der Waals surface area contributed by atoms with E-state index in [1.807, 2.05) is 26.3 Å². The molecular weight excluding hydrogens is 274 g/mol. The zero-order valence-corrected chi connectivity index (χ0v) is 12.4. The maximum atomic E-state index is 12.1. The van der Waals surface area contributed by atoms with Crippen LogP contribution in [0.25, 0.3) is 0 Å². The molecule has 1 N–H and O–H groups in total. The third-order valence-electron chi connectivity index (χ3n) is 2.82. The largest absolute Gasteiger partial charge is 0.487 e. The quantitative estimate of drug-likeness (QED) is 0.372. The Morgan fingerprint density at radius 1 is 1.55 bits per heavy atom. The first-order valence-electron chi connectivity index (χ1n) is 6.09. The maximum absolute atomic E-state index is 12.1. The molecule has 0 fully saturated rings. The van der Waals surface area contributed by atoms with Gasteiger partial charge < -0.3 is 4.74 Å². The van der Waals surface area contributed by atoms with Gasteiger partial charge in [-0.25, -0.2) is 4.99 Å². The van der Waals surface area contributed by atoms with E-state index >= 15 is 0 Å². The van der Waals surface area contributed by atoms with Gasteiger partial charge in [0.15, 0.2) is 17.1 Å². The molecule has 1 aromatic rings. The van der Waals surface area contributed by atoms with E-state index in [2.05, 4.69) is 10.3 Å². The van der Waals surface area contributed by atoms with Crippen molar-refractivity contribution in [2.45, 2.75) is 25.9 Å². The molecule has 0 amide bonds. The van der Waals surface area contributed by atoms with Crippen LogP contribution in [-0.4, -0.2) is 22.8 Å². The number of fused-ring (bicyclic) bond motifs is 1. The van der Waals surface area contributed by atoms with Crippen LogP contribution in [0.1, 0.15) is 30.6 Å². The number of Topliss-reactive ketones (excluding diaryl/α,β-unsaturated/α-hetero) is 1. The number of thioether (sulfide) groups is 1. The van der Waals surface area contributed by atoms with Crippen molar-refractivity contribution in [1.29, 1.82) is 5.26 Å². The zero-order valence-electron chi connectivity index (χ0n) is 11.6. The summed E-state index contributed by atoms with van der Waals surface area (Å²) in [5, 5.41) is 11.6. The van der Waals surface area contributed by atoms with Crippen LogP contribution in [-0.2, 0) is 0 Å². The van der Waals surface area contributed by atoms with Crippen molar-refractivity contribution in [3.8, 4) is 11.9 Å². The van der Waals surface area contributed by atoms with Crippen LogP contribution in [0.4, 0.5) is 5.69 Å². The van der Waals surface area contributed by atoms with Crippen LogP contribution in [0.3, 0.4) is 0 Å². The minimum Gasteiger partial charge on any atom is -0.487 e. The minimum atomic E-state index is -0.471. The van der Waals surface area contributed by atoms with Gasteiger partial charge in [-0.05, 0) is 38.3 Å². The molecule has 0 spiro atoms. The molecule has 1 heterocycles. The van der Waals surface area contributed by atoms with Gasteiger partial charge in [-0.15, -0.1) is 0 Å². The van der Waals surface area contributed by atoms with E-state index in [1.165, 1.54) is 11.8 Å². The van der Waals surface area contributed by atoms with E-state index in [-0.39, 0.29) is 5.78 Å². The fourth-order valence-electron chi connectivity index (χ4n) is 2.00. The predicted octanol–water partition coefficient (Wildman–Crippen LogP) is 2.85. The van der Waals surface area contributed by atoms with Gasteiger partial charge in [-0.2, -0.15) is 5.26 Å². The lowest BCUT2D eigenvalue weighted by Crippen LogP contribution is -2.35. The van der Waals surface area contributed by atoms with E-state index in [9.17, 15) is 4.79 Å². The monoisotopic (exact) mass is 289 g/mol. The van der Waals surface area contributed by atoms with E-state index in [0.717, 1.165) is 0 Å². The van der Waals surface area contributed by atoms with Gasteiger partial charge in [0.25, 0.3) is 0 Å². The molecule has 6 heteroatoms. The van der Waals surface area contributed by atoms with E-state index < -0.39 is 5.60 Å². The number of nitrogens with zero attached hydrogens (tertiary/aromatic N) is 2. The number of nitriles is 1. The molecule has 0 saturated carbocycles. The summed E-state index contributed by atoms with van der Waals surface area (Å²) in [6.45, 7) is 3.78. The molecule has 104 valence electrons. The molecule has 5 nitrogen and oxygen atoms in total. The number of nitrogens with one attached hydrogen (secondary N) is 1. The Hall–Kier alpha value is -2.00. The van der Waals surface area contributed by atoms with E-state index in [4.69, 9.17) is 10.00 Å². The Kier molecular flexibility index (Phi) is 4.00. The highest BCUT2D eigenvalue weighted by Gasteiger charge is 2.32. The van der Waals surface area contributed by atoms with Crippen molar-refractivity contribution in [2.24, 2.45) is 4.99 Å².